The van der Waals surface area contributed by atoms with Gasteiger partial charge in [0, 0.05) is 18.0 Å². The zero-order chi connectivity index (χ0) is 18.2. The van der Waals surface area contributed by atoms with E-state index in [4.69, 9.17) is 10.5 Å². The molecule has 128 valence electrons. The number of hydrogen-bond donors (Lipinski definition) is 0. The van der Waals surface area contributed by atoms with Crippen molar-refractivity contribution < 1.29 is 4.79 Å². The van der Waals surface area contributed by atoms with E-state index in [1.165, 1.54) is 17.3 Å². The van der Waals surface area contributed by atoms with Crippen LogP contribution in [0.3, 0.4) is 0 Å². The van der Waals surface area contributed by atoms with Gasteiger partial charge in [0.25, 0.3) is 0 Å². The highest BCUT2D eigenvalue weighted by molar-refractivity contribution is 8.00. The highest BCUT2D eigenvalue weighted by Crippen LogP contribution is 2.29. The molecule has 5 heteroatoms. The van der Waals surface area contributed by atoms with Crippen molar-refractivity contribution in [3.05, 3.63) is 29.3 Å². The Morgan fingerprint density at radius 3 is 2.25 bits per heavy atom. The highest BCUT2D eigenvalue weighted by atomic mass is 32.2. The molecule has 1 aromatic carbocycles. The van der Waals surface area contributed by atoms with Gasteiger partial charge in [-0.15, -0.1) is 11.8 Å². The number of aryl methyl sites for hydroxylation is 1. The number of carbonyl (C=O) groups excluding carboxylic acids is 1. The molecular formula is C19H25N3OS. The Kier molecular flexibility index (Phi) is 7.82. The number of amides is 1. The molecular weight excluding hydrogens is 318 g/mol. The Labute approximate surface area is 149 Å². The molecule has 0 atom stereocenters. The third kappa shape index (κ3) is 6.26. The molecule has 1 amide bonds. The van der Waals surface area contributed by atoms with Crippen molar-refractivity contribution in [2.75, 3.05) is 18.8 Å². The maximum absolute atomic E-state index is 12.4. The first-order chi connectivity index (χ1) is 11.3. The summed E-state index contributed by atoms with van der Waals surface area (Å²) in [5, 5.41) is 17.4. The second kappa shape index (κ2) is 9.35. The van der Waals surface area contributed by atoms with E-state index in [2.05, 4.69) is 51.1 Å². The molecule has 0 radical (unpaired) electrons. The van der Waals surface area contributed by atoms with Crippen LogP contribution < -0.4 is 0 Å². The van der Waals surface area contributed by atoms with E-state index in [-0.39, 0.29) is 11.3 Å². The van der Waals surface area contributed by atoms with E-state index < -0.39 is 0 Å². The van der Waals surface area contributed by atoms with Crippen LogP contribution >= 0.6 is 11.8 Å². The minimum absolute atomic E-state index is 0.0222. The van der Waals surface area contributed by atoms with Gasteiger partial charge in [-0.05, 0) is 29.5 Å². The number of thioether (sulfide) groups is 1. The van der Waals surface area contributed by atoms with E-state index in [0.717, 1.165) is 10.5 Å². The zero-order valence-electron chi connectivity index (χ0n) is 14.9. The molecule has 0 saturated carbocycles. The molecule has 1 aromatic rings. The molecule has 0 saturated heterocycles. The molecule has 0 N–H and O–H groups in total. The van der Waals surface area contributed by atoms with Gasteiger partial charge in [0.1, 0.15) is 0 Å². The van der Waals surface area contributed by atoms with E-state index in [9.17, 15) is 4.79 Å². The summed E-state index contributed by atoms with van der Waals surface area (Å²) in [5.41, 5.74) is 2.47. The molecule has 0 fully saturated rings. The van der Waals surface area contributed by atoms with Crippen LogP contribution in [0, 0.1) is 29.6 Å². The van der Waals surface area contributed by atoms with Gasteiger partial charge < -0.3 is 4.90 Å². The summed E-state index contributed by atoms with van der Waals surface area (Å²) in [5.74, 6) is 0.303. The summed E-state index contributed by atoms with van der Waals surface area (Å²) >= 11 is 1.52. The van der Waals surface area contributed by atoms with Crippen LogP contribution in [0.5, 0.6) is 0 Å². The number of rotatable bonds is 7. The smallest absolute Gasteiger partial charge is 0.232 e. The van der Waals surface area contributed by atoms with Crippen molar-refractivity contribution in [3.8, 4) is 12.1 Å². The van der Waals surface area contributed by atoms with Gasteiger partial charge >= 0.3 is 0 Å². The number of hydrogen-bond acceptors (Lipinski definition) is 4. The van der Waals surface area contributed by atoms with Crippen LogP contribution in [0.15, 0.2) is 23.1 Å². The van der Waals surface area contributed by atoms with Crippen LogP contribution in [0.1, 0.15) is 44.7 Å². The van der Waals surface area contributed by atoms with Gasteiger partial charge in [-0.1, -0.05) is 32.9 Å². The SMILES string of the molecule is Cc1ccc(C(C)(C)C)cc1SCC(=O)N(CCC#N)CCC#N. The standard InChI is InChI=1S/C19H25N3OS/c1-15-7-8-16(19(2,3)4)13-17(15)24-14-18(23)22(11-5-9-20)12-6-10-21/h7-8,13H,5-6,11-12,14H2,1-4H3. The van der Waals surface area contributed by atoms with Crippen molar-refractivity contribution in [2.45, 2.75) is 50.8 Å². The average molecular weight is 343 g/mol. The van der Waals surface area contributed by atoms with Crippen LogP contribution in [0.2, 0.25) is 0 Å². The lowest BCUT2D eigenvalue weighted by Crippen LogP contribution is -2.34. The summed E-state index contributed by atoms with van der Waals surface area (Å²) in [7, 11) is 0. The van der Waals surface area contributed by atoms with Crippen LogP contribution in [0.4, 0.5) is 0 Å². The first kappa shape index (κ1) is 20.1. The van der Waals surface area contributed by atoms with Crippen molar-refractivity contribution in [3.63, 3.8) is 0 Å². The van der Waals surface area contributed by atoms with Crippen LogP contribution in [0.25, 0.3) is 0 Å². The Hall–Kier alpha value is -1.98. The summed E-state index contributed by atoms with van der Waals surface area (Å²) in [6, 6.07) is 10.5. The van der Waals surface area contributed by atoms with Gasteiger partial charge in [0.2, 0.25) is 5.91 Å². The topological polar surface area (TPSA) is 67.9 Å². The Morgan fingerprint density at radius 1 is 1.17 bits per heavy atom. The zero-order valence-corrected chi connectivity index (χ0v) is 15.7. The van der Waals surface area contributed by atoms with Crippen LogP contribution in [-0.4, -0.2) is 29.6 Å². The molecule has 0 heterocycles. The number of nitriles is 2. The van der Waals surface area contributed by atoms with Crippen molar-refractivity contribution in [2.24, 2.45) is 0 Å². The summed E-state index contributed by atoms with van der Waals surface area (Å²) in [4.78, 5) is 15.1. The second-order valence-corrected chi connectivity index (χ2v) is 7.73. The van der Waals surface area contributed by atoms with Gasteiger partial charge in [-0.25, -0.2) is 0 Å². The fourth-order valence-corrected chi connectivity index (χ4v) is 3.15. The lowest BCUT2D eigenvalue weighted by Gasteiger charge is -2.22. The summed E-state index contributed by atoms with van der Waals surface area (Å²) < 4.78 is 0. The Morgan fingerprint density at radius 2 is 1.75 bits per heavy atom. The van der Waals surface area contributed by atoms with Crippen molar-refractivity contribution >= 4 is 17.7 Å². The molecule has 4 nitrogen and oxygen atoms in total. The minimum Gasteiger partial charge on any atom is -0.340 e. The fourth-order valence-electron chi connectivity index (χ4n) is 2.18. The average Bonchev–Trinajstić information content (AvgIpc) is 2.52. The summed E-state index contributed by atoms with van der Waals surface area (Å²) in [6.45, 7) is 9.33. The molecule has 0 aliphatic carbocycles. The lowest BCUT2D eigenvalue weighted by atomic mass is 9.87. The quantitative estimate of drug-likeness (QED) is 0.701. The van der Waals surface area contributed by atoms with E-state index in [1.54, 1.807) is 4.90 Å². The predicted molar refractivity (Wildman–Crippen MR) is 97.6 cm³/mol. The van der Waals surface area contributed by atoms with Gasteiger partial charge in [-0.3, -0.25) is 4.79 Å². The number of carbonyl (C=O) groups is 1. The van der Waals surface area contributed by atoms with Gasteiger partial charge in [-0.2, -0.15) is 10.5 Å². The molecule has 0 bridgehead atoms. The number of benzene rings is 1. The molecule has 0 aromatic heterocycles. The normalized spacial score (nSPS) is 10.8. The number of nitrogens with zero attached hydrogens (tertiary/aromatic N) is 3. The monoisotopic (exact) mass is 343 g/mol. The summed E-state index contributed by atoms with van der Waals surface area (Å²) in [6.07, 6.45) is 0.584. The lowest BCUT2D eigenvalue weighted by molar-refractivity contribution is -0.128. The molecule has 0 aliphatic heterocycles. The molecule has 0 unspecified atom stereocenters. The molecule has 24 heavy (non-hydrogen) atoms. The van der Waals surface area contributed by atoms with Crippen molar-refractivity contribution in [1.82, 2.24) is 4.90 Å². The first-order valence-corrected chi connectivity index (χ1v) is 9.03. The largest absolute Gasteiger partial charge is 0.340 e. The molecule has 0 aliphatic rings. The Bertz CT molecular complexity index is 632. The van der Waals surface area contributed by atoms with Gasteiger partial charge in [0.05, 0.1) is 30.7 Å². The minimum atomic E-state index is -0.0222. The molecule has 1 rings (SSSR count). The highest BCUT2D eigenvalue weighted by Gasteiger charge is 2.17. The third-order valence-electron chi connectivity index (χ3n) is 3.75. The first-order valence-electron chi connectivity index (χ1n) is 8.05. The maximum Gasteiger partial charge on any atom is 0.232 e. The Balaban J connectivity index is 2.77. The van der Waals surface area contributed by atoms with E-state index in [1.807, 2.05) is 6.92 Å². The van der Waals surface area contributed by atoms with E-state index >= 15 is 0 Å². The second-order valence-electron chi connectivity index (χ2n) is 6.72. The predicted octanol–water partition coefficient (Wildman–Crippen LogP) is 4.04. The fraction of sp³-hybridized carbons (Fsp3) is 0.526. The maximum atomic E-state index is 12.4. The third-order valence-corrected chi connectivity index (χ3v) is 4.89. The van der Waals surface area contributed by atoms with Gasteiger partial charge in [0.15, 0.2) is 0 Å². The van der Waals surface area contributed by atoms with Crippen LogP contribution in [-0.2, 0) is 10.2 Å². The van der Waals surface area contributed by atoms with E-state index in [0.29, 0.717) is 31.7 Å². The van der Waals surface area contributed by atoms with Crippen molar-refractivity contribution in [1.29, 1.82) is 10.5 Å². The molecule has 0 spiro atoms.